The molecule has 2 heterocycles. The Hall–Kier alpha value is -2.99. The number of amides is 1. The van der Waals surface area contributed by atoms with E-state index in [1.165, 1.54) is 15.7 Å². The van der Waals surface area contributed by atoms with Gasteiger partial charge in [0.15, 0.2) is 11.6 Å². The molecule has 0 unspecified atom stereocenters. The fraction of sp³-hybridized carbons (Fsp3) is 0.633. The van der Waals surface area contributed by atoms with E-state index in [9.17, 15) is 23.9 Å². The quantitative estimate of drug-likeness (QED) is 0.370. The highest BCUT2D eigenvalue weighted by atomic mass is 28.2. The number of pyridine rings is 1. The Morgan fingerprint density at radius 2 is 1.74 bits per heavy atom. The molecule has 1 saturated heterocycles. The number of aromatic nitrogens is 1. The van der Waals surface area contributed by atoms with Gasteiger partial charge in [-0.05, 0) is 65.0 Å². The van der Waals surface area contributed by atoms with Crippen LogP contribution in [0.25, 0.3) is 10.9 Å². The van der Waals surface area contributed by atoms with Gasteiger partial charge in [-0.3, -0.25) is 4.79 Å². The third kappa shape index (κ3) is 6.96. The maximum absolute atomic E-state index is 15.4. The second kappa shape index (κ2) is 11.3. The number of nitrogens with zero attached hydrogens (tertiary/aromatic N) is 2. The van der Waals surface area contributed by atoms with Crippen molar-refractivity contribution in [2.75, 3.05) is 13.2 Å². The summed E-state index contributed by atoms with van der Waals surface area (Å²) in [7, 11) is 0.220. The molecule has 1 N–H and O–H groups in total. The van der Waals surface area contributed by atoms with Crippen molar-refractivity contribution in [2.24, 2.45) is 5.92 Å². The van der Waals surface area contributed by atoms with Gasteiger partial charge in [0.05, 0.1) is 22.5 Å². The highest BCUT2D eigenvalue weighted by Crippen LogP contribution is 2.41. The number of carboxylic acid groups (broad SMARTS) is 1. The van der Waals surface area contributed by atoms with Crippen LogP contribution in [0, 0.1) is 17.6 Å². The predicted octanol–water partition coefficient (Wildman–Crippen LogP) is 5.95. The Morgan fingerprint density at radius 3 is 2.29 bits per heavy atom. The summed E-state index contributed by atoms with van der Waals surface area (Å²) in [4.78, 5) is 39.5. The van der Waals surface area contributed by atoms with E-state index < -0.39 is 57.7 Å². The van der Waals surface area contributed by atoms with E-state index in [-0.39, 0.29) is 44.3 Å². The van der Waals surface area contributed by atoms with Gasteiger partial charge in [0.2, 0.25) is 21.0 Å². The highest BCUT2D eigenvalue weighted by Gasteiger charge is 2.45. The second-order valence-electron chi connectivity index (χ2n) is 13.8. The Bertz CT molecular complexity index is 1440. The van der Waals surface area contributed by atoms with Crippen LogP contribution in [0.2, 0.25) is 5.04 Å². The smallest absolute Gasteiger partial charge is 0.410 e. The average Bonchev–Trinajstić information content (AvgIpc) is 3.60. The summed E-state index contributed by atoms with van der Waals surface area (Å²) in [5.41, 5.74) is -2.81. The minimum atomic E-state index is -1.45. The van der Waals surface area contributed by atoms with Gasteiger partial charge < -0.3 is 28.5 Å². The highest BCUT2D eigenvalue weighted by molar-refractivity contribution is 6.31. The average molecular weight is 607 g/mol. The summed E-state index contributed by atoms with van der Waals surface area (Å²) in [5, 5.41) is 9.23. The first kappa shape index (κ1) is 31.9. The summed E-state index contributed by atoms with van der Waals surface area (Å²) in [6.45, 7) is 15.6. The largest absolute Gasteiger partial charge is 0.486 e. The number of likely N-dealkylation sites (tertiary alicyclic amines) is 1. The molecule has 2 aromatic rings. The molecule has 1 aliphatic heterocycles. The maximum Gasteiger partial charge on any atom is 0.410 e. The fourth-order valence-electron chi connectivity index (χ4n) is 5.02. The minimum Gasteiger partial charge on any atom is -0.486 e. The summed E-state index contributed by atoms with van der Waals surface area (Å²) >= 11 is 0. The molecule has 0 spiro atoms. The number of halogens is 2. The van der Waals surface area contributed by atoms with Crippen LogP contribution in [0.4, 0.5) is 13.6 Å². The van der Waals surface area contributed by atoms with Crippen LogP contribution in [0.5, 0.6) is 5.75 Å². The lowest BCUT2D eigenvalue weighted by Crippen LogP contribution is -2.43. The number of hydrogen-bond acceptors (Lipinski definition) is 6. The number of carboxylic acids is 1. The van der Waals surface area contributed by atoms with Gasteiger partial charge in [-0.1, -0.05) is 20.8 Å². The van der Waals surface area contributed by atoms with Gasteiger partial charge in [-0.15, -0.1) is 0 Å². The summed E-state index contributed by atoms with van der Waals surface area (Å²) in [6.07, 6.45) is 2.45. The van der Waals surface area contributed by atoms with Crippen LogP contribution < -0.4 is 10.2 Å². The second-order valence-corrected chi connectivity index (χ2v) is 15.7. The van der Waals surface area contributed by atoms with Crippen LogP contribution in [-0.2, 0) is 9.16 Å². The molecule has 2 aliphatic rings. The molecule has 4 rings (SSSR count). The fourth-order valence-corrected chi connectivity index (χ4v) is 5.76. The van der Waals surface area contributed by atoms with Crippen LogP contribution in [0.15, 0.2) is 17.1 Å². The topological polar surface area (TPSA) is 107 Å². The molecule has 2 fully saturated rings. The molecule has 1 aliphatic carbocycles. The van der Waals surface area contributed by atoms with E-state index in [4.69, 9.17) is 13.9 Å². The number of aromatic carboxylic acids is 1. The molecule has 12 heteroatoms. The van der Waals surface area contributed by atoms with E-state index in [0.29, 0.717) is 25.8 Å². The Labute approximate surface area is 247 Å². The van der Waals surface area contributed by atoms with E-state index in [0.717, 1.165) is 6.07 Å². The predicted molar refractivity (Wildman–Crippen MR) is 154 cm³/mol. The molecule has 0 bridgehead atoms. The lowest BCUT2D eigenvalue weighted by atomic mass is 9.89. The van der Waals surface area contributed by atoms with E-state index in [1.54, 1.807) is 20.8 Å². The van der Waals surface area contributed by atoms with Crippen LogP contribution >= 0.6 is 0 Å². The molecular formula is C30H40F2N2O7Si. The standard InChI is InChI=1S/C30H40F2N2O7Si/c1-28(2,3)40-27(38)34-13-16(30(7,8)41-42-29(4,5)6)11-18(34)15-39-25-22(32)21(31)12-19-23(25)33(17-9-10-17)14-20(24(19)35)26(36)37/h12,14,16-18H,9-11,13,15H2,1-8H3,(H,36,37)/t16-,18-/m0/s1. The first-order valence-electron chi connectivity index (χ1n) is 14.2. The van der Waals surface area contributed by atoms with E-state index in [2.05, 4.69) is 20.8 Å². The van der Waals surface area contributed by atoms with E-state index in [1.807, 2.05) is 13.8 Å². The van der Waals surface area contributed by atoms with Crippen molar-refractivity contribution in [3.63, 3.8) is 0 Å². The number of hydrogen-bond donors (Lipinski definition) is 1. The van der Waals surface area contributed by atoms with Crippen LogP contribution in [0.3, 0.4) is 0 Å². The normalized spacial score (nSPS) is 19.8. The Balaban J connectivity index is 1.70. The molecule has 2 radical (unpaired) electrons. The van der Waals surface area contributed by atoms with Crippen molar-refractivity contribution in [1.82, 2.24) is 9.47 Å². The van der Waals surface area contributed by atoms with Gasteiger partial charge in [0.1, 0.15) is 17.8 Å². The van der Waals surface area contributed by atoms with Crippen molar-refractivity contribution in [3.8, 4) is 5.75 Å². The van der Waals surface area contributed by atoms with Gasteiger partial charge in [-0.2, -0.15) is 4.39 Å². The molecule has 9 nitrogen and oxygen atoms in total. The van der Waals surface area contributed by atoms with E-state index >= 15 is 4.39 Å². The van der Waals surface area contributed by atoms with Gasteiger partial charge >= 0.3 is 12.1 Å². The SMILES string of the molecule is CC(C)(C)OC(=O)N1C[C@@H](C(C)(C)O[Si]C(C)(C)C)C[C@H]1COc1c(F)c(F)cc2c(=O)c(C(=O)O)cn(C3CC3)c12. The Morgan fingerprint density at radius 1 is 1.10 bits per heavy atom. The first-order chi connectivity index (χ1) is 19.3. The lowest BCUT2D eigenvalue weighted by molar-refractivity contribution is 0.0145. The summed E-state index contributed by atoms with van der Waals surface area (Å²) in [5.74, 6) is -4.66. The van der Waals surface area contributed by atoms with Crippen molar-refractivity contribution in [2.45, 2.75) is 103 Å². The van der Waals surface area contributed by atoms with Crippen molar-refractivity contribution < 1.29 is 37.4 Å². The molecular weight excluding hydrogens is 566 g/mol. The number of ether oxygens (including phenoxy) is 2. The number of carbonyl (C=O) groups excluding carboxylic acids is 1. The number of rotatable bonds is 8. The first-order valence-corrected chi connectivity index (χ1v) is 15.1. The monoisotopic (exact) mass is 606 g/mol. The Kier molecular flexibility index (Phi) is 8.56. The van der Waals surface area contributed by atoms with Crippen molar-refractivity contribution >= 4 is 32.7 Å². The van der Waals surface area contributed by atoms with Crippen LogP contribution in [0.1, 0.15) is 91.1 Å². The number of benzene rings is 1. The number of carbonyl (C=O) groups is 2. The molecule has 1 saturated carbocycles. The zero-order chi connectivity index (χ0) is 31.4. The number of fused-ring (bicyclic) bond motifs is 1. The minimum absolute atomic E-state index is 0.000180. The van der Waals surface area contributed by atoms with Crippen molar-refractivity contribution in [3.05, 3.63) is 39.7 Å². The molecule has 1 amide bonds. The summed E-state index contributed by atoms with van der Waals surface area (Å²) in [6, 6.07) is -0.0171. The lowest BCUT2D eigenvalue weighted by Gasteiger charge is -2.34. The van der Waals surface area contributed by atoms with Gasteiger partial charge in [0, 0.05) is 24.7 Å². The third-order valence-corrected chi connectivity index (χ3v) is 8.64. The molecule has 1 aromatic heterocycles. The molecule has 42 heavy (non-hydrogen) atoms. The van der Waals surface area contributed by atoms with Gasteiger partial charge in [0.25, 0.3) is 0 Å². The maximum atomic E-state index is 15.4. The molecule has 1 aromatic carbocycles. The van der Waals surface area contributed by atoms with Gasteiger partial charge in [-0.25, -0.2) is 14.0 Å². The van der Waals surface area contributed by atoms with Crippen molar-refractivity contribution in [1.29, 1.82) is 0 Å². The van der Waals surface area contributed by atoms with Crippen LogP contribution in [-0.4, -0.2) is 66.8 Å². The third-order valence-electron chi connectivity index (χ3n) is 7.40. The molecule has 230 valence electrons. The summed E-state index contributed by atoms with van der Waals surface area (Å²) < 4.78 is 49.6. The molecule has 2 atom stereocenters. The zero-order valence-electron chi connectivity index (χ0n) is 25.5. The zero-order valence-corrected chi connectivity index (χ0v) is 26.5.